The van der Waals surface area contributed by atoms with Crippen molar-refractivity contribution in [1.82, 2.24) is 4.90 Å². The summed E-state index contributed by atoms with van der Waals surface area (Å²) in [5.74, 6) is -0.711. The molecule has 0 saturated carbocycles. The summed E-state index contributed by atoms with van der Waals surface area (Å²) >= 11 is 0. The zero-order valence-electron chi connectivity index (χ0n) is 9.35. The molecule has 0 amide bonds. The summed E-state index contributed by atoms with van der Waals surface area (Å²) in [6, 6.07) is 8.45. The zero-order chi connectivity index (χ0) is 11.4. The highest BCUT2D eigenvalue weighted by Crippen LogP contribution is 2.18. The van der Waals surface area contributed by atoms with E-state index in [0.717, 1.165) is 25.9 Å². The molecule has 0 atom stereocenters. The third-order valence-corrected chi connectivity index (χ3v) is 3.07. The Labute approximate surface area is 95.7 Å². The van der Waals surface area contributed by atoms with Gasteiger partial charge in [0.2, 0.25) is 0 Å². The Kier molecular flexibility index (Phi) is 3.57. The SMILES string of the molecule is O=C(O)CCN1CCCc2ccccc2C1. The average molecular weight is 219 g/mol. The van der Waals surface area contributed by atoms with Gasteiger partial charge in [0.25, 0.3) is 0 Å². The lowest BCUT2D eigenvalue weighted by Crippen LogP contribution is -2.26. The van der Waals surface area contributed by atoms with E-state index in [2.05, 4.69) is 29.2 Å². The molecule has 3 heteroatoms. The molecule has 0 spiro atoms. The van der Waals surface area contributed by atoms with Crippen molar-refractivity contribution in [2.75, 3.05) is 13.1 Å². The number of hydrogen-bond donors (Lipinski definition) is 1. The molecule has 0 unspecified atom stereocenters. The molecule has 0 aliphatic carbocycles. The molecule has 0 saturated heterocycles. The van der Waals surface area contributed by atoms with E-state index in [1.54, 1.807) is 0 Å². The number of rotatable bonds is 3. The maximum atomic E-state index is 10.5. The van der Waals surface area contributed by atoms with Gasteiger partial charge in [-0.05, 0) is 30.5 Å². The van der Waals surface area contributed by atoms with Crippen molar-refractivity contribution in [2.24, 2.45) is 0 Å². The molecule has 0 fully saturated rings. The van der Waals surface area contributed by atoms with Crippen LogP contribution in [0.15, 0.2) is 24.3 Å². The largest absolute Gasteiger partial charge is 0.481 e. The van der Waals surface area contributed by atoms with Crippen molar-refractivity contribution in [3.05, 3.63) is 35.4 Å². The van der Waals surface area contributed by atoms with E-state index in [-0.39, 0.29) is 6.42 Å². The monoisotopic (exact) mass is 219 g/mol. The molecule has 1 heterocycles. The Morgan fingerprint density at radius 1 is 1.31 bits per heavy atom. The van der Waals surface area contributed by atoms with E-state index in [1.807, 2.05) is 0 Å². The molecule has 1 N–H and O–H groups in total. The van der Waals surface area contributed by atoms with Crippen molar-refractivity contribution >= 4 is 5.97 Å². The molecule has 0 radical (unpaired) electrons. The summed E-state index contributed by atoms with van der Waals surface area (Å²) in [6.45, 7) is 2.55. The first-order valence-corrected chi connectivity index (χ1v) is 5.76. The molecule has 1 aromatic carbocycles. The molecule has 2 rings (SSSR count). The molecular weight excluding hydrogens is 202 g/mol. The van der Waals surface area contributed by atoms with Gasteiger partial charge in [-0.3, -0.25) is 9.69 Å². The van der Waals surface area contributed by atoms with Gasteiger partial charge in [-0.25, -0.2) is 0 Å². The predicted molar refractivity (Wildman–Crippen MR) is 62.3 cm³/mol. The van der Waals surface area contributed by atoms with E-state index in [9.17, 15) is 4.79 Å². The number of aryl methyl sites for hydroxylation is 1. The summed E-state index contributed by atoms with van der Waals surface area (Å²) in [4.78, 5) is 12.8. The highest BCUT2D eigenvalue weighted by Gasteiger charge is 2.14. The smallest absolute Gasteiger partial charge is 0.304 e. The Morgan fingerprint density at radius 2 is 2.06 bits per heavy atom. The molecular formula is C13H17NO2. The van der Waals surface area contributed by atoms with Gasteiger partial charge in [0.05, 0.1) is 6.42 Å². The van der Waals surface area contributed by atoms with Crippen LogP contribution < -0.4 is 0 Å². The Hall–Kier alpha value is -1.35. The predicted octanol–water partition coefficient (Wildman–Crippen LogP) is 1.91. The number of carboxylic acids is 1. The van der Waals surface area contributed by atoms with Crippen LogP contribution in [0.25, 0.3) is 0 Å². The lowest BCUT2D eigenvalue weighted by Gasteiger charge is -2.19. The standard InChI is InChI=1S/C13H17NO2/c15-13(16)7-9-14-8-3-6-11-4-1-2-5-12(11)10-14/h1-2,4-5H,3,6-10H2,(H,15,16). The highest BCUT2D eigenvalue weighted by molar-refractivity contribution is 5.66. The molecule has 0 aromatic heterocycles. The number of hydrogen-bond acceptors (Lipinski definition) is 2. The van der Waals surface area contributed by atoms with Crippen molar-refractivity contribution in [1.29, 1.82) is 0 Å². The third-order valence-electron chi connectivity index (χ3n) is 3.07. The van der Waals surface area contributed by atoms with Gasteiger partial charge in [-0.1, -0.05) is 24.3 Å². The van der Waals surface area contributed by atoms with Gasteiger partial charge in [0.15, 0.2) is 0 Å². The quantitative estimate of drug-likeness (QED) is 0.844. The Bertz CT molecular complexity index is 376. The second-order valence-electron chi connectivity index (χ2n) is 4.29. The van der Waals surface area contributed by atoms with Crippen LogP contribution in [-0.2, 0) is 17.8 Å². The first kappa shape index (κ1) is 11.1. The van der Waals surface area contributed by atoms with Gasteiger partial charge >= 0.3 is 5.97 Å². The van der Waals surface area contributed by atoms with E-state index >= 15 is 0 Å². The molecule has 1 aliphatic rings. The Balaban J connectivity index is 2.02. The molecule has 1 aliphatic heterocycles. The molecule has 1 aromatic rings. The van der Waals surface area contributed by atoms with Crippen LogP contribution in [0.1, 0.15) is 24.0 Å². The van der Waals surface area contributed by atoms with Gasteiger partial charge in [0, 0.05) is 13.1 Å². The van der Waals surface area contributed by atoms with Crippen molar-refractivity contribution in [2.45, 2.75) is 25.8 Å². The van der Waals surface area contributed by atoms with E-state index in [0.29, 0.717) is 6.54 Å². The lowest BCUT2D eigenvalue weighted by atomic mass is 10.0. The normalized spacial score (nSPS) is 16.5. The lowest BCUT2D eigenvalue weighted by molar-refractivity contribution is -0.137. The fraction of sp³-hybridized carbons (Fsp3) is 0.462. The summed E-state index contributed by atoms with van der Waals surface area (Å²) < 4.78 is 0. The second kappa shape index (κ2) is 5.12. The van der Waals surface area contributed by atoms with Crippen molar-refractivity contribution < 1.29 is 9.90 Å². The topological polar surface area (TPSA) is 40.5 Å². The average Bonchev–Trinajstić information content (AvgIpc) is 2.47. The van der Waals surface area contributed by atoms with Crippen LogP contribution in [0.5, 0.6) is 0 Å². The number of benzene rings is 1. The molecule has 3 nitrogen and oxygen atoms in total. The number of carbonyl (C=O) groups is 1. The first-order chi connectivity index (χ1) is 7.75. The third kappa shape index (κ3) is 2.83. The summed E-state index contributed by atoms with van der Waals surface area (Å²) in [6.07, 6.45) is 2.47. The zero-order valence-corrected chi connectivity index (χ0v) is 9.35. The molecule has 86 valence electrons. The Morgan fingerprint density at radius 3 is 2.81 bits per heavy atom. The van der Waals surface area contributed by atoms with Gasteiger partial charge in [-0.2, -0.15) is 0 Å². The summed E-state index contributed by atoms with van der Waals surface area (Å²) in [5, 5.41) is 8.68. The van der Waals surface area contributed by atoms with Gasteiger partial charge in [-0.15, -0.1) is 0 Å². The van der Waals surface area contributed by atoms with Crippen molar-refractivity contribution in [3.8, 4) is 0 Å². The fourth-order valence-electron chi connectivity index (χ4n) is 2.21. The van der Waals surface area contributed by atoms with E-state index in [1.165, 1.54) is 11.1 Å². The number of nitrogens with zero attached hydrogens (tertiary/aromatic N) is 1. The van der Waals surface area contributed by atoms with Gasteiger partial charge < -0.3 is 5.11 Å². The number of fused-ring (bicyclic) bond motifs is 1. The minimum atomic E-state index is -0.711. The maximum absolute atomic E-state index is 10.5. The summed E-state index contributed by atoms with van der Waals surface area (Å²) in [7, 11) is 0. The van der Waals surface area contributed by atoms with Crippen LogP contribution in [0.2, 0.25) is 0 Å². The fourth-order valence-corrected chi connectivity index (χ4v) is 2.21. The van der Waals surface area contributed by atoms with Crippen LogP contribution in [0, 0.1) is 0 Å². The minimum Gasteiger partial charge on any atom is -0.481 e. The highest BCUT2D eigenvalue weighted by atomic mass is 16.4. The number of aliphatic carboxylic acids is 1. The van der Waals surface area contributed by atoms with Crippen LogP contribution >= 0.6 is 0 Å². The maximum Gasteiger partial charge on any atom is 0.304 e. The van der Waals surface area contributed by atoms with Crippen LogP contribution in [0.4, 0.5) is 0 Å². The molecule has 16 heavy (non-hydrogen) atoms. The first-order valence-electron chi connectivity index (χ1n) is 5.76. The van der Waals surface area contributed by atoms with Crippen molar-refractivity contribution in [3.63, 3.8) is 0 Å². The van der Waals surface area contributed by atoms with Crippen LogP contribution in [0.3, 0.4) is 0 Å². The molecule has 0 bridgehead atoms. The van der Waals surface area contributed by atoms with E-state index < -0.39 is 5.97 Å². The minimum absolute atomic E-state index is 0.238. The van der Waals surface area contributed by atoms with Gasteiger partial charge in [0.1, 0.15) is 0 Å². The summed E-state index contributed by atoms with van der Waals surface area (Å²) in [5.41, 5.74) is 2.77. The van der Waals surface area contributed by atoms with Crippen LogP contribution in [-0.4, -0.2) is 29.1 Å². The second-order valence-corrected chi connectivity index (χ2v) is 4.29. The van der Waals surface area contributed by atoms with E-state index in [4.69, 9.17) is 5.11 Å². The number of carboxylic acid groups (broad SMARTS) is 1.